The number of benzene rings is 1. The van der Waals surface area contributed by atoms with E-state index in [0.29, 0.717) is 0 Å². The number of nitrogens with two attached hydrogens (primary N) is 1. The molecule has 0 fully saturated rings. The minimum atomic E-state index is -2.19. The van der Waals surface area contributed by atoms with Gasteiger partial charge in [-0.3, -0.25) is 0 Å². The first-order valence-corrected chi connectivity index (χ1v) is 5.68. The predicted octanol–water partition coefficient (Wildman–Crippen LogP) is 3.49. The van der Waals surface area contributed by atoms with Crippen molar-refractivity contribution in [2.45, 2.75) is 6.04 Å². The van der Waals surface area contributed by atoms with Gasteiger partial charge in [0.25, 0.3) is 0 Å². The highest BCUT2D eigenvalue weighted by molar-refractivity contribution is 7.08. The number of thiophene rings is 1. The van der Waals surface area contributed by atoms with E-state index in [1.54, 1.807) is 5.38 Å². The van der Waals surface area contributed by atoms with Gasteiger partial charge >= 0.3 is 0 Å². The van der Waals surface area contributed by atoms with Gasteiger partial charge in [-0.2, -0.15) is 11.3 Å². The van der Waals surface area contributed by atoms with Crippen LogP contribution in [-0.4, -0.2) is 0 Å². The van der Waals surface area contributed by atoms with Gasteiger partial charge in [0.1, 0.15) is 0 Å². The van der Waals surface area contributed by atoms with E-state index >= 15 is 0 Å². The fourth-order valence-corrected chi connectivity index (χ4v) is 2.21. The van der Waals surface area contributed by atoms with Gasteiger partial charge in [0.05, 0.1) is 11.6 Å². The van der Waals surface area contributed by atoms with Gasteiger partial charge in [0.15, 0.2) is 23.3 Å². The maximum absolute atomic E-state index is 13.4. The Bertz CT molecular complexity index is 553. The van der Waals surface area contributed by atoms with Crippen LogP contribution in [0.5, 0.6) is 0 Å². The summed E-state index contributed by atoms with van der Waals surface area (Å²) in [6.45, 7) is 0. The van der Waals surface area contributed by atoms with Crippen LogP contribution in [0.15, 0.2) is 16.8 Å². The molecule has 7 heteroatoms. The van der Waals surface area contributed by atoms with Crippen LogP contribution in [0.3, 0.4) is 0 Å². The van der Waals surface area contributed by atoms with Crippen molar-refractivity contribution < 1.29 is 22.0 Å². The SMILES string of the molecule is NC(c1ccsc1)c1c(F)c(F)c(F)c(F)c1F. The Labute approximate surface area is 103 Å². The summed E-state index contributed by atoms with van der Waals surface area (Å²) in [5, 5.41) is 3.06. The van der Waals surface area contributed by atoms with Crippen molar-refractivity contribution in [3.63, 3.8) is 0 Å². The average molecular weight is 279 g/mol. The normalized spacial score (nSPS) is 12.8. The van der Waals surface area contributed by atoms with Crippen LogP contribution >= 0.6 is 11.3 Å². The Kier molecular flexibility index (Phi) is 3.36. The third kappa shape index (κ3) is 1.89. The van der Waals surface area contributed by atoms with Crippen LogP contribution in [0.25, 0.3) is 0 Å². The van der Waals surface area contributed by atoms with Gasteiger partial charge in [-0.1, -0.05) is 0 Å². The second-order valence-electron chi connectivity index (χ2n) is 3.52. The number of rotatable bonds is 2. The fraction of sp³-hybridized carbons (Fsp3) is 0.0909. The molecule has 0 saturated carbocycles. The molecule has 1 atom stereocenters. The Morgan fingerprint density at radius 3 is 1.83 bits per heavy atom. The number of hydrogen-bond donors (Lipinski definition) is 1. The lowest BCUT2D eigenvalue weighted by atomic mass is 10.0. The highest BCUT2D eigenvalue weighted by Crippen LogP contribution is 2.30. The summed E-state index contributed by atoms with van der Waals surface area (Å²) in [5.74, 6) is -9.97. The molecule has 1 aromatic heterocycles. The number of hydrogen-bond acceptors (Lipinski definition) is 2. The molecule has 2 N–H and O–H groups in total. The lowest BCUT2D eigenvalue weighted by Crippen LogP contribution is -2.18. The molecule has 1 nitrogen and oxygen atoms in total. The lowest BCUT2D eigenvalue weighted by molar-refractivity contribution is 0.367. The molecule has 96 valence electrons. The molecule has 0 radical (unpaired) electrons. The standard InChI is InChI=1S/C11H6F5NS/c12-6-5(11(17)4-1-2-18-3-4)7(13)9(15)10(16)8(6)14/h1-3,11H,17H2. The van der Waals surface area contributed by atoms with Crippen LogP contribution in [0, 0.1) is 29.1 Å². The van der Waals surface area contributed by atoms with Crippen molar-refractivity contribution in [2.75, 3.05) is 0 Å². The fourth-order valence-electron chi connectivity index (χ4n) is 1.51. The topological polar surface area (TPSA) is 26.0 Å². The summed E-state index contributed by atoms with van der Waals surface area (Å²) in [4.78, 5) is 0. The van der Waals surface area contributed by atoms with Gasteiger partial charge in [-0.05, 0) is 22.4 Å². The first-order chi connectivity index (χ1) is 8.45. The van der Waals surface area contributed by atoms with Crippen LogP contribution in [0.1, 0.15) is 17.2 Å². The number of halogens is 5. The van der Waals surface area contributed by atoms with E-state index in [-0.39, 0.29) is 5.56 Å². The molecule has 0 amide bonds. The van der Waals surface area contributed by atoms with Gasteiger partial charge < -0.3 is 5.73 Å². The van der Waals surface area contributed by atoms with Crippen LogP contribution in [0.4, 0.5) is 22.0 Å². The Balaban J connectivity index is 2.65. The van der Waals surface area contributed by atoms with Crippen LogP contribution < -0.4 is 5.73 Å². The smallest absolute Gasteiger partial charge is 0.200 e. The molecule has 0 bridgehead atoms. The summed E-state index contributed by atoms with van der Waals surface area (Å²) >= 11 is 1.20. The summed E-state index contributed by atoms with van der Waals surface area (Å²) < 4.78 is 65.7. The quantitative estimate of drug-likeness (QED) is 0.508. The molecule has 2 aromatic rings. The van der Waals surface area contributed by atoms with Crippen LogP contribution in [0.2, 0.25) is 0 Å². The second kappa shape index (κ2) is 4.66. The molecular formula is C11H6F5NS. The zero-order valence-corrected chi connectivity index (χ0v) is 9.50. The van der Waals surface area contributed by atoms with E-state index < -0.39 is 40.7 Å². The maximum Gasteiger partial charge on any atom is 0.200 e. The van der Waals surface area contributed by atoms with E-state index in [1.165, 1.54) is 22.8 Å². The van der Waals surface area contributed by atoms with Crippen molar-refractivity contribution in [2.24, 2.45) is 5.73 Å². The first kappa shape index (κ1) is 13.0. The van der Waals surface area contributed by atoms with Gasteiger partial charge in [0, 0.05) is 0 Å². The molecule has 1 unspecified atom stereocenters. The molecule has 1 heterocycles. The van der Waals surface area contributed by atoms with E-state index in [0.717, 1.165) is 0 Å². The zero-order valence-electron chi connectivity index (χ0n) is 8.68. The van der Waals surface area contributed by atoms with Crippen LogP contribution in [-0.2, 0) is 0 Å². The third-order valence-corrected chi connectivity index (χ3v) is 3.16. The van der Waals surface area contributed by atoms with Crippen molar-refractivity contribution in [3.8, 4) is 0 Å². The molecule has 0 aliphatic rings. The summed E-state index contributed by atoms with van der Waals surface area (Å²) in [6.07, 6.45) is 0. The van der Waals surface area contributed by atoms with Gasteiger partial charge in [0.2, 0.25) is 5.82 Å². The van der Waals surface area contributed by atoms with Crippen molar-refractivity contribution >= 4 is 11.3 Å². The van der Waals surface area contributed by atoms with E-state index in [4.69, 9.17) is 5.73 Å². The lowest BCUT2D eigenvalue weighted by Gasteiger charge is -2.14. The molecule has 0 aliphatic carbocycles. The van der Waals surface area contributed by atoms with Gasteiger partial charge in [-0.25, -0.2) is 22.0 Å². The third-order valence-electron chi connectivity index (χ3n) is 2.46. The minimum absolute atomic E-state index is 0.281. The highest BCUT2D eigenvalue weighted by atomic mass is 32.1. The minimum Gasteiger partial charge on any atom is -0.320 e. The average Bonchev–Trinajstić information content (AvgIpc) is 2.88. The van der Waals surface area contributed by atoms with Gasteiger partial charge in [-0.15, -0.1) is 0 Å². The maximum atomic E-state index is 13.4. The van der Waals surface area contributed by atoms with Crippen molar-refractivity contribution in [3.05, 3.63) is 57.0 Å². The highest BCUT2D eigenvalue weighted by Gasteiger charge is 2.29. The molecule has 0 spiro atoms. The molecular weight excluding hydrogens is 273 g/mol. The summed E-state index contributed by atoms with van der Waals surface area (Å²) in [6, 6.07) is 0.0498. The molecule has 0 saturated heterocycles. The largest absolute Gasteiger partial charge is 0.320 e. The molecule has 18 heavy (non-hydrogen) atoms. The predicted molar refractivity (Wildman–Crippen MR) is 56.6 cm³/mol. The molecule has 0 aliphatic heterocycles. The van der Waals surface area contributed by atoms with Crippen molar-refractivity contribution in [1.29, 1.82) is 0 Å². The Hall–Kier alpha value is -1.47. The van der Waals surface area contributed by atoms with E-state index in [1.807, 2.05) is 0 Å². The Morgan fingerprint density at radius 2 is 1.39 bits per heavy atom. The van der Waals surface area contributed by atoms with E-state index in [9.17, 15) is 22.0 Å². The summed E-state index contributed by atoms with van der Waals surface area (Å²) in [7, 11) is 0. The second-order valence-corrected chi connectivity index (χ2v) is 4.30. The monoisotopic (exact) mass is 279 g/mol. The first-order valence-electron chi connectivity index (χ1n) is 4.74. The zero-order chi connectivity index (χ0) is 13.4. The van der Waals surface area contributed by atoms with Crippen molar-refractivity contribution in [1.82, 2.24) is 0 Å². The Morgan fingerprint density at radius 1 is 0.889 bits per heavy atom. The molecule has 2 rings (SSSR count). The molecule has 1 aromatic carbocycles. The van der Waals surface area contributed by atoms with E-state index in [2.05, 4.69) is 0 Å². The summed E-state index contributed by atoms with van der Waals surface area (Å²) in [5.41, 5.74) is 4.78.